The number of fused-ring (bicyclic) bond motifs is 6. The highest BCUT2D eigenvalue weighted by Crippen LogP contribution is 2.37. The number of carbonyl (C=O) groups is 3. The van der Waals surface area contributed by atoms with Crippen molar-refractivity contribution in [1.82, 2.24) is 27.5 Å². The van der Waals surface area contributed by atoms with E-state index in [0.717, 1.165) is 119 Å². The summed E-state index contributed by atoms with van der Waals surface area (Å²) in [5, 5.41) is 7.59. The molecule has 2 N–H and O–H groups in total. The molecule has 0 radical (unpaired) electrons. The van der Waals surface area contributed by atoms with Gasteiger partial charge in [-0.05, 0) is 115 Å². The summed E-state index contributed by atoms with van der Waals surface area (Å²) in [5.74, 6) is 0.0206. The van der Waals surface area contributed by atoms with Gasteiger partial charge in [-0.1, -0.05) is 0 Å². The molecule has 4 aromatic rings. The Labute approximate surface area is 382 Å². The van der Waals surface area contributed by atoms with Crippen LogP contribution in [-0.2, 0) is 55.5 Å². The van der Waals surface area contributed by atoms with E-state index in [1.54, 1.807) is 39.8 Å². The summed E-state index contributed by atoms with van der Waals surface area (Å²) >= 11 is 0. The quantitative estimate of drug-likeness (QED) is 0.201. The Morgan fingerprint density at radius 1 is 0.662 bits per heavy atom. The van der Waals surface area contributed by atoms with Gasteiger partial charge in [0.2, 0.25) is 20.0 Å². The highest BCUT2D eigenvalue weighted by atomic mass is 32.2. The van der Waals surface area contributed by atoms with Crippen molar-refractivity contribution in [1.29, 1.82) is 0 Å². The first kappa shape index (κ1) is 46.7. The first-order chi connectivity index (χ1) is 31.0. The molecule has 0 spiro atoms. The number of rotatable bonds is 7. The third kappa shape index (κ3) is 9.84. The number of hydrogen-bond donors (Lipinski definition) is 2. The molecular formula is C46H64N8O9S2. The summed E-state index contributed by atoms with van der Waals surface area (Å²) in [6, 6.07) is 11.1. The van der Waals surface area contributed by atoms with Crippen LogP contribution < -0.4 is 10.6 Å². The Morgan fingerprint density at radius 2 is 1.12 bits per heavy atom. The maximum absolute atomic E-state index is 13.0. The van der Waals surface area contributed by atoms with E-state index in [2.05, 4.69) is 15.5 Å². The molecule has 7 heterocycles. The Hall–Kier alpha value is -4.85. The first-order valence-electron chi connectivity index (χ1n) is 23.2. The van der Waals surface area contributed by atoms with Gasteiger partial charge in [-0.3, -0.25) is 4.90 Å². The van der Waals surface area contributed by atoms with Crippen molar-refractivity contribution in [3.05, 3.63) is 58.9 Å². The largest absolute Gasteiger partial charge is 0.444 e. The van der Waals surface area contributed by atoms with Crippen LogP contribution in [0.15, 0.2) is 36.4 Å². The van der Waals surface area contributed by atoms with Gasteiger partial charge in [-0.15, -0.1) is 0 Å². The number of nitrogens with one attached hydrogen (secondary N) is 2. The lowest BCUT2D eigenvalue weighted by Crippen LogP contribution is -2.42. The lowest BCUT2D eigenvalue weighted by molar-refractivity contribution is 0.0224. The molecular weight excluding hydrogens is 873 g/mol. The molecule has 9 rings (SSSR count). The maximum atomic E-state index is 13.0. The highest BCUT2D eigenvalue weighted by Gasteiger charge is 2.34. The lowest BCUT2D eigenvalue weighted by atomic mass is 9.99. The van der Waals surface area contributed by atoms with Crippen molar-refractivity contribution in [2.75, 3.05) is 74.6 Å². The van der Waals surface area contributed by atoms with Crippen LogP contribution in [0.5, 0.6) is 0 Å². The number of ether oxygens (including phenoxy) is 2. The molecule has 3 saturated heterocycles. The molecule has 0 aliphatic carbocycles. The average Bonchev–Trinajstić information content (AvgIpc) is 4.12. The number of nitrogens with zero attached hydrogens (tertiary/aromatic N) is 6. The monoisotopic (exact) mass is 936 g/mol. The minimum absolute atomic E-state index is 0.0353. The molecule has 0 bridgehead atoms. The standard InChI is InChI=1S/C23H32N4O5S.C23H32N4O4S/c1-5-33(30,31)27-19-9-8-16(24-21(28)25-11-6-7-12-25)14-17(19)18-15-26(13-10-20(18)27)22(29)32-23(2,3)4;1-2-32(29,30)27-21-6-5-17(24-23(28)25-10-3-4-11-25)15-19(21)20-16-26(12-7-22(20)27)18-8-13-31-14-9-18/h8-9,14H,5-7,10-13,15H2,1-4H3,(H,24,28);5-6,15,18H,2-4,7-14,16H2,1H3,(H,24,28). The normalized spacial score (nSPS) is 18.6. The van der Waals surface area contributed by atoms with Crippen molar-refractivity contribution in [2.45, 2.75) is 111 Å². The number of likely N-dealkylation sites (tertiary alicyclic amines) is 2. The summed E-state index contributed by atoms with van der Waals surface area (Å²) < 4.78 is 66.0. The van der Waals surface area contributed by atoms with E-state index in [9.17, 15) is 31.2 Å². The van der Waals surface area contributed by atoms with Gasteiger partial charge in [0, 0.05) is 117 Å². The molecule has 3 fully saturated rings. The van der Waals surface area contributed by atoms with Crippen molar-refractivity contribution < 1.29 is 40.7 Å². The third-order valence-corrected chi connectivity index (χ3v) is 16.6. The van der Waals surface area contributed by atoms with Crippen LogP contribution in [-0.4, -0.2) is 138 Å². The van der Waals surface area contributed by atoms with E-state index in [4.69, 9.17) is 9.47 Å². The molecule has 5 aliphatic rings. The van der Waals surface area contributed by atoms with Gasteiger partial charge in [0.15, 0.2) is 0 Å². The molecule has 2 aromatic carbocycles. The zero-order valence-electron chi connectivity index (χ0n) is 38.4. The van der Waals surface area contributed by atoms with Crippen LogP contribution in [0.1, 0.15) is 95.7 Å². The average molecular weight is 937 g/mol. The van der Waals surface area contributed by atoms with Gasteiger partial charge in [-0.2, -0.15) is 0 Å². The molecule has 5 aliphatic heterocycles. The second-order valence-electron chi connectivity index (χ2n) is 18.6. The molecule has 0 atom stereocenters. The van der Waals surface area contributed by atoms with Crippen LogP contribution in [0.2, 0.25) is 0 Å². The van der Waals surface area contributed by atoms with Crippen LogP contribution in [0, 0.1) is 0 Å². The predicted octanol–water partition coefficient (Wildman–Crippen LogP) is 6.76. The summed E-state index contributed by atoms with van der Waals surface area (Å²) in [4.78, 5) is 45.6. The third-order valence-electron chi connectivity index (χ3n) is 13.2. The molecule has 5 amide bonds. The first-order valence-corrected chi connectivity index (χ1v) is 26.4. The van der Waals surface area contributed by atoms with Crippen molar-refractivity contribution in [3.8, 4) is 0 Å². The van der Waals surface area contributed by atoms with E-state index >= 15 is 0 Å². The summed E-state index contributed by atoms with van der Waals surface area (Å²) in [5.41, 5.74) is 5.40. The fourth-order valence-corrected chi connectivity index (χ4v) is 12.3. The van der Waals surface area contributed by atoms with Crippen molar-refractivity contribution in [2.24, 2.45) is 0 Å². The van der Waals surface area contributed by atoms with Gasteiger partial charge in [0.05, 0.1) is 29.1 Å². The second kappa shape index (κ2) is 18.8. The number of benzene rings is 2. The zero-order chi connectivity index (χ0) is 46.3. The van der Waals surface area contributed by atoms with E-state index in [-0.39, 0.29) is 30.1 Å². The Bertz CT molecular complexity index is 2670. The number of urea groups is 2. The summed E-state index contributed by atoms with van der Waals surface area (Å²) in [7, 11) is -6.98. The predicted molar refractivity (Wildman–Crippen MR) is 252 cm³/mol. The Balaban J connectivity index is 0.000000177. The smallest absolute Gasteiger partial charge is 0.410 e. The minimum atomic E-state index is -3.55. The fraction of sp³-hybridized carbons (Fsp3) is 0.587. The molecule has 0 saturated carbocycles. The number of carbonyl (C=O) groups excluding carboxylic acids is 3. The zero-order valence-corrected chi connectivity index (χ0v) is 40.0. The van der Waals surface area contributed by atoms with E-state index in [1.165, 1.54) is 3.97 Å². The van der Waals surface area contributed by atoms with Gasteiger partial charge in [0.25, 0.3) is 0 Å². The highest BCUT2D eigenvalue weighted by molar-refractivity contribution is 7.90. The number of aromatic nitrogens is 2. The van der Waals surface area contributed by atoms with Crippen molar-refractivity contribution in [3.63, 3.8) is 0 Å². The van der Waals surface area contributed by atoms with Gasteiger partial charge >= 0.3 is 18.2 Å². The maximum Gasteiger partial charge on any atom is 0.410 e. The van der Waals surface area contributed by atoms with Crippen LogP contribution in [0.25, 0.3) is 21.8 Å². The van der Waals surface area contributed by atoms with Gasteiger partial charge in [-0.25, -0.2) is 39.2 Å². The van der Waals surface area contributed by atoms with Crippen LogP contribution in [0.4, 0.5) is 25.8 Å². The molecule has 2 aromatic heterocycles. The van der Waals surface area contributed by atoms with E-state index in [1.807, 2.05) is 49.9 Å². The lowest BCUT2D eigenvalue weighted by Gasteiger charge is -2.37. The molecule has 0 unspecified atom stereocenters. The molecule has 19 heteroatoms. The topological polar surface area (TPSA) is 185 Å². The van der Waals surface area contributed by atoms with Gasteiger partial charge < -0.3 is 34.8 Å². The fourth-order valence-electron chi connectivity index (χ4n) is 9.80. The van der Waals surface area contributed by atoms with Crippen LogP contribution >= 0.6 is 0 Å². The summed E-state index contributed by atoms with van der Waals surface area (Å²) in [6.07, 6.45) is 6.78. The van der Waals surface area contributed by atoms with E-state index < -0.39 is 31.7 Å². The minimum Gasteiger partial charge on any atom is -0.444 e. The number of hydrogen-bond acceptors (Lipinski definition) is 10. The molecule has 354 valence electrons. The summed E-state index contributed by atoms with van der Waals surface area (Å²) in [6.45, 7) is 15.6. The Morgan fingerprint density at radius 3 is 1.58 bits per heavy atom. The molecule has 17 nitrogen and oxygen atoms in total. The SMILES string of the molecule is CCS(=O)(=O)n1c2c(c3cc(NC(=O)N4CCCC4)ccc31)CN(C(=O)OC(C)(C)C)CC2.CCS(=O)(=O)n1c2c(c3cc(NC(=O)N4CCCC4)ccc31)CN(C1CCOCC1)CC2. The Kier molecular flexibility index (Phi) is 13.5. The van der Waals surface area contributed by atoms with Crippen LogP contribution in [0.3, 0.4) is 0 Å². The van der Waals surface area contributed by atoms with Gasteiger partial charge in [0.1, 0.15) is 5.60 Å². The van der Waals surface area contributed by atoms with E-state index in [0.29, 0.717) is 53.5 Å². The van der Waals surface area contributed by atoms with Crippen molar-refractivity contribution >= 4 is 71.4 Å². The second-order valence-corrected chi connectivity index (χ2v) is 22.8. The molecule has 65 heavy (non-hydrogen) atoms. The number of amides is 5. The number of anilines is 2.